The minimum atomic E-state index is -4.26. The van der Waals surface area contributed by atoms with Gasteiger partial charge in [-0.3, -0.25) is 4.79 Å². The number of nitrogens with one attached hydrogen (secondary N) is 1. The first-order chi connectivity index (χ1) is 14.7. The molecule has 0 saturated heterocycles. The fraction of sp³-hybridized carbons (Fsp3) is 0.400. The number of ether oxygens (including phenoxy) is 1. The van der Waals surface area contributed by atoms with Gasteiger partial charge in [0.1, 0.15) is 17.0 Å². The number of amides is 1. The van der Waals surface area contributed by atoms with Gasteiger partial charge in [0.15, 0.2) is 0 Å². The van der Waals surface area contributed by atoms with Gasteiger partial charge in [-0.15, -0.1) is 11.3 Å². The average Bonchev–Trinajstić information content (AvgIpc) is 3.11. The molecule has 3 aromatic heterocycles. The maximum Gasteiger partial charge on any atom is 0.390 e. The van der Waals surface area contributed by atoms with Gasteiger partial charge in [-0.1, -0.05) is 6.92 Å². The largest absolute Gasteiger partial charge is 0.481 e. The molecule has 3 aromatic rings. The summed E-state index contributed by atoms with van der Waals surface area (Å²) in [6, 6.07) is 3.55. The summed E-state index contributed by atoms with van der Waals surface area (Å²) in [4.78, 5) is 28.2. The van der Waals surface area contributed by atoms with E-state index in [1.54, 1.807) is 30.3 Å². The molecule has 0 aromatic carbocycles. The molecule has 7 nitrogen and oxygen atoms in total. The molecule has 3 rings (SSSR count). The zero-order chi connectivity index (χ0) is 22.6. The van der Waals surface area contributed by atoms with Gasteiger partial charge in [0, 0.05) is 32.4 Å². The van der Waals surface area contributed by atoms with Gasteiger partial charge in [0.25, 0.3) is 5.91 Å². The molecular weight excluding hydrogens is 431 g/mol. The Morgan fingerprint density at radius 1 is 1.29 bits per heavy atom. The van der Waals surface area contributed by atoms with Crippen molar-refractivity contribution in [3.05, 3.63) is 40.7 Å². The number of carbonyl (C=O) groups excluding carboxylic acids is 1. The number of carbonyl (C=O) groups is 1. The Kier molecular flexibility index (Phi) is 6.94. The van der Waals surface area contributed by atoms with E-state index in [2.05, 4.69) is 20.3 Å². The van der Waals surface area contributed by atoms with Gasteiger partial charge in [-0.05, 0) is 23.6 Å². The molecular formula is C20H22F3N5O2S. The lowest BCUT2D eigenvalue weighted by atomic mass is 10.1. The lowest BCUT2D eigenvalue weighted by molar-refractivity contribution is -0.131. The Morgan fingerprint density at radius 2 is 2.06 bits per heavy atom. The van der Waals surface area contributed by atoms with Crippen LogP contribution in [0.2, 0.25) is 0 Å². The van der Waals surface area contributed by atoms with Gasteiger partial charge < -0.3 is 15.0 Å². The second-order valence-corrected chi connectivity index (χ2v) is 7.82. The van der Waals surface area contributed by atoms with Gasteiger partial charge in [0.2, 0.25) is 5.88 Å². The number of halogens is 3. The van der Waals surface area contributed by atoms with Gasteiger partial charge in [-0.25, -0.2) is 15.0 Å². The highest BCUT2D eigenvalue weighted by Crippen LogP contribution is 2.35. The third-order valence-electron chi connectivity index (χ3n) is 4.61. The van der Waals surface area contributed by atoms with Crippen molar-refractivity contribution < 1.29 is 22.7 Å². The minimum Gasteiger partial charge on any atom is -0.481 e. The number of hydrogen-bond acceptors (Lipinski definition) is 7. The van der Waals surface area contributed by atoms with E-state index < -0.39 is 12.6 Å². The summed E-state index contributed by atoms with van der Waals surface area (Å²) in [5.74, 6) is 0.569. The molecule has 1 N–H and O–H groups in total. The van der Waals surface area contributed by atoms with E-state index in [-0.39, 0.29) is 12.5 Å². The van der Waals surface area contributed by atoms with Crippen LogP contribution in [0.4, 0.5) is 19.0 Å². The molecule has 3 heterocycles. The zero-order valence-electron chi connectivity index (χ0n) is 17.3. The maximum absolute atomic E-state index is 13.2. The van der Waals surface area contributed by atoms with Crippen LogP contribution in [0.25, 0.3) is 10.2 Å². The van der Waals surface area contributed by atoms with Crippen molar-refractivity contribution in [2.24, 2.45) is 0 Å². The molecule has 0 aliphatic rings. The first-order valence-corrected chi connectivity index (χ1v) is 10.4. The Hall–Kier alpha value is -2.95. The number of rotatable bonds is 8. The van der Waals surface area contributed by atoms with Gasteiger partial charge in [-0.2, -0.15) is 13.2 Å². The van der Waals surface area contributed by atoms with Crippen LogP contribution in [0.3, 0.4) is 0 Å². The van der Waals surface area contributed by atoms with Crippen LogP contribution in [0.1, 0.15) is 34.1 Å². The Morgan fingerprint density at radius 3 is 2.74 bits per heavy atom. The molecule has 1 amide bonds. The third kappa shape index (κ3) is 5.40. The first kappa shape index (κ1) is 22.7. The first-order valence-electron chi connectivity index (χ1n) is 9.54. The topological polar surface area (TPSA) is 80.2 Å². The van der Waals surface area contributed by atoms with Crippen LogP contribution in [-0.2, 0) is 13.0 Å². The van der Waals surface area contributed by atoms with Crippen molar-refractivity contribution in [3.63, 3.8) is 0 Å². The average molecular weight is 453 g/mol. The summed E-state index contributed by atoms with van der Waals surface area (Å²) in [5, 5.41) is 3.34. The van der Waals surface area contributed by atoms with Crippen molar-refractivity contribution in [2.75, 3.05) is 26.0 Å². The minimum absolute atomic E-state index is 0.197. The Bertz CT molecular complexity index is 1070. The number of nitrogens with zero attached hydrogens (tertiary/aromatic N) is 4. The summed E-state index contributed by atoms with van der Waals surface area (Å²) >= 11 is 1.21. The molecule has 0 unspecified atom stereocenters. The lowest BCUT2D eigenvalue weighted by Crippen LogP contribution is -2.26. The Labute approximate surface area is 181 Å². The molecule has 0 spiro atoms. The normalized spacial score (nSPS) is 11.5. The van der Waals surface area contributed by atoms with Crippen LogP contribution in [0.15, 0.2) is 24.7 Å². The number of alkyl halides is 3. The third-order valence-corrected chi connectivity index (χ3v) is 5.74. The number of fused-ring (bicyclic) bond motifs is 1. The summed E-state index contributed by atoms with van der Waals surface area (Å²) in [7, 11) is 3.21. The SMILES string of the molecule is CCc1c(C(=O)N(C)Cc2ccnc(OC)c2)sc2ncnc(NCCC(F)(F)F)c12. The fourth-order valence-corrected chi connectivity index (χ4v) is 4.36. The molecule has 0 fully saturated rings. The van der Waals surface area contributed by atoms with Crippen molar-refractivity contribution in [1.82, 2.24) is 19.9 Å². The highest BCUT2D eigenvalue weighted by Gasteiger charge is 2.27. The predicted octanol–water partition coefficient (Wildman–Crippen LogP) is 4.29. The molecule has 31 heavy (non-hydrogen) atoms. The number of aromatic nitrogens is 3. The standard InChI is InChI=1S/C20H22F3N5O2S/c1-4-13-15-17(25-8-6-20(21,22)23)26-11-27-18(15)31-16(13)19(29)28(2)10-12-5-7-24-14(9-12)30-3/h5,7,9,11H,4,6,8,10H2,1-3H3,(H,25,26,27). The van der Waals surface area contributed by atoms with Crippen LogP contribution in [-0.4, -0.2) is 52.6 Å². The molecule has 0 bridgehead atoms. The van der Waals surface area contributed by atoms with E-state index in [1.807, 2.05) is 6.92 Å². The zero-order valence-corrected chi connectivity index (χ0v) is 18.1. The highest BCUT2D eigenvalue weighted by molar-refractivity contribution is 7.20. The highest BCUT2D eigenvalue weighted by atomic mass is 32.1. The molecule has 11 heteroatoms. The number of methoxy groups -OCH3 is 1. The van der Waals surface area contributed by atoms with Crippen molar-refractivity contribution >= 4 is 33.3 Å². The predicted molar refractivity (Wildman–Crippen MR) is 113 cm³/mol. The summed E-state index contributed by atoms with van der Waals surface area (Å²) in [6.07, 6.45) is -1.83. The number of aryl methyl sites for hydroxylation is 1. The quantitative estimate of drug-likeness (QED) is 0.548. The molecule has 0 aliphatic heterocycles. The van der Waals surface area contributed by atoms with E-state index in [4.69, 9.17) is 4.74 Å². The second kappa shape index (κ2) is 9.46. The smallest absolute Gasteiger partial charge is 0.390 e. The molecule has 0 atom stereocenters. The summed E-state index contributed by atoms with van der Waals surface area (Å²) < 4.78 is 42.7. The van der Waals surface area contributed by atoms with Crippen LogP contribution in [0, 0.1) is 0 Å². The van der Waals surface area contributed by atoms with Crippen molar-refractivity contribution in [2.45, 2.75) is 32.5 Å². The molecule has 0 radical (unpaired) electrons. The van der Waals surface area contributed by atoms with Crippen LogP contribution < -0.4 is 10.1 Å². The summed E-state index contributed by atoms with van der Waals surface area (Å²) in [6.45, 7) is 1.93. The lowest BCUT2D eigenvalue weighted by Gasteiger charge is -2.17. The van der Waals surface area contributed by atoms with Crippen molar-refractivity contribution in [1.29, 1.82) is 0 Å². The number of hydrogen-bond donors (Lipinski definition) is 1. The van der Waals surface area contributed by atoms with E-state index in [0.717, 1.165) is 11.1 Å². The van der Waals surface area contributed by atoms with Crippen LogP contribution >= 0.6 is 11.3 Å². The second-order valence-electron chi connectivity index (χ2n) is 6.83. The fourth-order valence-electron chi connectivity index (χ4n) is 3.14. The molecule has 0 aliphatic carbocycles. The van der Waals surface area contributed by atoms with Gasteiger partial charge in [0.05, 0.1) is 23.8 Å². The van der Waals surface area contributed by atoms with Crippen molar-refractivity contribution in [3.8, 4) is 5.88 Å². The van der Waals surface area contributed by atoms with E-state index in [1.165, 1.54) is 24.8 Å². The number of pyridine rings is 1. The Balaban J connectivity index is 1.87. The van der Waals surface area contributed by atoms with Gasteiger partial charge >= 0.3 is 6.18 Å². The van der Waals surface area contributed by atoms with E-state index >= 15 is 0 Å². The molecule has 0 saturated carbocycles. The molecule has 166 valence electrons. The maximum atomic E-state index is 13.2. The van der Waals surface area contributed by atoms with Crippen LogP contribution in [0.5, 0.6) is 5.88 Å². The monoisotopic (exact) mass is 453 g/mol. The summed E-state index contributed by atoms with van der Waals surface area (Å²) in [5.41, 5.74) is 1.58. The number of anilines is 1. The van der Waals surface area contributed by atoms with E-state index in [0.29, 0.717) is 39.8 Å². The van der Waals surface area contributed by atoms with E-state index in [9.17, 15) is 18.0 Å². The number of thiophene rings is 1.